The summed E-state index contributed by atoms with van der Waals surface area (Å²) in [5.41, 5.74) is -0.106. The Bertz CT molecular complexity index is 219. The van der Waals surface area contributed by atoms with Gasteiger partial charge in [-0.1, -0.05) is 6.92 Å². The Morgan fingerprint density at radius 3 is 1.92 bits per heavy atom. The van der Waals surface area contributed by atoms with Gasteiger partial charge in [0.05, 0.1) is 0 Å². The van der Waals surface area contributed by atoms with E-state index in [0.717, 1.165) is 0 Å². The van der Waals surface area contributed by atoms with E-state index < -0.39 is 17.5 Å². The van der Waals surface area contributed by atoms with Gasteiger partial charge in [0.25, 0.3) is 0 Å². The fourth-order valence-electron chi connectivity index (χ4n) is 0.706. The number of carboxylic acids is 1. The van der Waals surface area contributed by atoms with Crippen molar-refractivity contribution < 1.29 is 49.4 Å². The van der Waals surface area contributed by atoms with Gasteiger partial charge < -0.3 is 15.0 Å². The van der Waals surface area contributed by atoms with Crippen molar-refractivity contribution in [1.82, 2.24) is 0 Å². The Balaban J connectivity index is 0. The van der Waals surface area contributed by atoms with Crippen LogP contribution < -0.4 is 34.7 Å². The van der Waals surface area contributed by atoms with Crippen molar-refractivity contribution in [3.8, 4) is 0 Å². The third-order valence-electron chi connectivity index (χ3n) is 1.26. The molecule has 0 amide bonds. The molecule has 0 aromatic heterocycles. The first-order valence-corrected chi connectivity index (χ1v) is 3.15. The van der Waals surface area contributed by atoms with Gasteiger partial charge in [-0.3, -0.25) is 4.79 Å². The van der Waals surface area contributed by atoms with Crippen LogP contribution in [-0.4, -0.2) is 16.9 Å². The minimum absolute atomic E-state index is 0. The number of aliphatic hydroxyl groups excluding tert-OH is 1. The molecule has 0 fully saturated rings. The molecule has 0 aliphatic heterocycles. The average molecular weight is 180 g/mol. The fourth-order valence-corrected chi connectivity index (χ4v) is 0.706. The van der Waals surface area contributed by atoms with E-state index in [2.05, 4.69) is 0 Å². The summed E-state index contributed by atoms with van der Waals surface area (Å²) in [6.45, 7) is 2.77. The van der Waals surface area contributed by atoms with Crippen LogP contribution in [0.25, 0.3) is 0 Å². The van der Waals surface area contributed by atoms with E-state index in [4.69, 9.17) is 5.11 Å². The Hall–Kier alpha value is -0.320. The number of allylic oxidation sites excluding steroid dienone is 1. The standard InChI is InChI=1S/C7H10O4.Na/c1-3-5(4(2)8)6(9)7(10)11;/h9H,3H2,1-2H3,(H,10,11);/q;+1/p-1. The number of carboxylic acid groups (broad SMARTS) is 1. The Morgan fingerprint density at radius 2 is 1.83 bits per heavy atom. The van der Waals surface area contributed by atoms with Gasteiger partial charge in [-0.25, -0.2) is 0 Å². The van der Waals surface area contributed by atoms with Crippen molar-refractivity contribution in [2.24, 2.45) is 0 Å². The molecule has 0 bridgehead atoms. The van der Waals surface area contributed by atoms with Gasteiger partial charge in [0.2, 0.25) is 0 Å². The Labute approximate surface area is 92.6 Å². The maximum Gasteiger partial charge on any atom is 1.00 e. The number of Topliss-reactive ketones (excluding diaryl/α,β-unsaturated/α-hetero) is 1. The van der Waals surface area contributed by atoms with Gasteiger partial charge in [-0.2, -0.15) is 0 Å². The van der Waals surface area contributed by atoms with Crippen LogP contribution in [0, 0.1) is 0 Å². The fraction of sp³-hybridized carbons (Fsp3) is 0.429. The van der Waals surface area contributed by atoms with Crippen molar-refractivity contribution in [3.63, 3.8) is 0 Å². The van der Waals surface area contributed by atoms with Gasteiger partial charge in [-0.15, -0.1) is 0 Å². The van der Waals surface area contributed by atoms with E-state index in [-0.39, 0.29) is 41.6 Å². The summed E-state index contributed by atoms with van der Waals surface area (Å²) in [6, 6.07) is 0. The summed E-state index contributed by atoms with van der Waals surface area (Å²) in [5.74, 6) is -3.12. The molecule has 62 valence electrons. The van der Waals surface area contributed by atoms with Crippen LogP contribution in [0.4, 0.5) is 0 Å². The molecule has 0 saturated carbocycles. The van der Waals surface area contributed by atoms with Crippen molar-refractivity contribution in [3.05, 3.63) is 11.3 Å². The number of aliphatic carboxylic acids is 1. The van der Waals surface area contributed by atoms with Crippen molar-refractivity contribution >= 4 is 11.8 Å². The van der Waals surface area contributed by atoms with Crippen LogP contribution >= 0.6 is 0 Å². The van der Waals surface area contributed by atoms with Gasteiger partial charge in [0, 0.05) is 5.57 Å². The molecule has 0 heterocycles. The van der Waals surface area contributed by atoms with Crippen LogP contribution in [0.1, 0.15) is 20.3 Å². The second-order valence-electron chi connectivity index (χ2n) is 2.02. The number of hydrogen-bond donors (Lipinski definition) is 1. The normalized spacial score (nSPS) is 11.2. The smallest absolute Gasteiger partial charge is 0.542 e. The summed E-state index contributed by atoms with van der Waals surface area (Å²) in [7, 11) is 0. The first-order valence-electron chi connectivity index (χ1n) is 3.15. The minimum atomic E-state index is -1.71. The maximum absolute atomic E-state index is 10.6. The van der Waals surface area contributed by atoms with E-state index >= 15 is 0 Å². The molecule has 0 spiro atoms. The van der Waals surface area contributed by atoms with Crippen LogP contribution in [0.15, 0.2) is 11.3 Å². The zero-order valence-corrected chi connectivity index (χ0v) is 9.38. The molecule has 0 aromatic carbocycles. The van der Waals surface area contributed by atoms with Gasteiger partial charge in [-0.05, 0) is 13.3 Å². The molecular formula is C7H9NaO4. The molecule has 1 N–H and O–H groups in total. The predicted octanol–water partition coefficient (Wildman–Crippen LogP) is -3.45. The molecule has 0 saturated heterocycles. The second kappa shape index (κ2) is 6.22. The van der Waals surface area contributed by atoms with Crippen LogP contribution in [0.5, 0.6) is 0 Å². The van der Waals surface area contributed by atoms with Gasteiger partial charge in [0.15, 0.2) is 5.78 Å². The van der Waals surface area contributed by atoms with Crippen molar-refractivity contribution in [2.45, 2.75) is 20.3 Å². The van der Waals surface area contributed by atoms with Crippen molar-refractivity contribution in [2.75, 3.05) is 0 Å². The Kier molecular flexibility index (Phi) is 7.37. The molecule has 4 nitrogen and oxygen atoms in total. The molecule has 0 aliphatic carbocycles. The van der Waals surface area contributed by atoms with E-state index in [9.17, 15) is 14.7 Å². The second-order valence-corrected chi connectivity index (χ2v) is 2.02. The van der Waals surface area contributed by atoms with Gasteiger partial charge >= 0.3 is 29.6 Å². The first-order chi connectivity index (χ1) is 5.00. The number of ketones is 1. The molecule has 0 rings (SSSR count). The van der Waals surface area contributed by atoms with Gasteiger partial charge in [0.1, 0.15) is 11.7 Å². The quantitative estimate of drug-likeness (QED) is 0.278. The molecule has 0 aromatic rings. The van der Waals surface area contributed by atoms with Crippen LogP contribution in [0.3, 0.4) is 0 Å². The first kappa shape index (κ1) is 14.2. The van der Waals surface area contributed by atoms with E-state index in [1.54, 1.807) is 6.92 Å². The zero-order chi connectivity index (χ0) is 9.02. The molecule has 12 heavy (non-hydrogen) atoms. The third kappa shape index (κ3) is 3.90. The number of aliphatic hydroxyl groups is 1. The summed E-state index contributed by atoms with van der Waals surface area (Å²) in [6.07, 6.45) is 0.190. The molecule has 0 unspecified atom stereocenters. The average Bonchev–Trinajstić information content (AvgIpc) is 1.88. The third-order valence-corrected chi connectivity index (χ3v) is 1.26. The monoisotopic (exact) mass is 180 g/mol. The number of hydrogen-bond acceptors (Lipinski definition) is 4. The summed E-state index contributed by atoms with van der Waals surface area (Å²) in [4.78, 5) is 20.6. The molecule has 0 atom stereocenters. The summed E-state index contributed by atoms with van der Waals surface area (Å²) >= 11 is 0. The maximum atomic E-state index is 10.6. The molecule has 5 heteroatoms. The molecular weight excluding hydrogens is 171 g/mol. The predicted molar refractivity (Wildman–Crippen MR) is 35.6 cm³/mol. The van der Waals surface area contributed by atoms with E-state index in [1.165, 1.54) is 6.92 Å². The zero-order valence-electron chi connectivity index (χ0n) is 7.38. The minimum Gasteiger partial charge on any atom is -0.542 e. The number of carbonyl (C=O) groups is 2. The topological polar surface area (TPSA) is 77.4 Å². The number of rotatable bonds is 3. The van der Waals surface area contributed by atoms with Crippen LogP contribution in [0.2, 0.25) is 0 Å². The summed E-state index contributed by atoms with van der Waals surface area (Å²) < 4.78 is 0. The number of carbonyl (C=O) groups excluding carboxylic acids is 2. The Morgan fingerprint density at radius 1 is 1.42 bits per heavy atom. The SMILES string of the molecule is CCC(C(C)=O)=C(O)C(=O)[O-].[Na+]. The van der Waals surface area contributed by atoms with E-state index in [0.29, 0.717) is 0 Å². The largest absolute Gasteiger partial charge is 1.00 e. The molecule has 0 aliphatic rings. The van der Waals surface area contributed by atoms with E-state index in [1.807, 2.05) is 0 Å². The van der Waals surface area contributed by atoms with Crippen LogP contribution in [-0.2, 0) is 9.59 Å². The van der Waals surface area contributed by atoms with Crippen molar-refractivity contribution in [1.29, 1.82) is 0 Å². The summed E-state index contributed by atoms with van der Waals surface area (Å²) in [5, 5.41) is 18.8. The molecule has 0 radical (unpaired) electrons.